The summed E-state index contributed by atoms with van der Waals surface area (Å²) >= 11 is 0. The predicted molar refractivity (Wildman–Crippen MR) is 136 cm³/mol. The number of hydrogen-bond donors (Lipinski definition) is 0. The highest BCUT2D eigenvalue weighted by atomic mass is 16.6. The quantitative estimate of drug-likeness (QED) is 0.466. The topological polar surface area (TPSA) is 60.4 Å². The van der Waals surface area contributed by atoms with Gasteiger partial charge in [0.1, 0.15) is 0 Å². The second-order valence-electron chi connectivity index (χ2n) is 11.8. The van der Waals surface area contributed by atoms with Crippen LogP contribution in [-0.4, -0.2) is 23.1 Å². The minimum atomic E-state index is -1.07. The Kier molecular flexibility index (Phi) is 5.93. The van der Waals surface area contributed by atoms with Gasteiger partial charge in [0, 0.05) is 11.8 Å². The van der Waals surface area contributed by atoms with Gasteiger partial charge in [0.05, 0.1) is 5.92 Å². The van der Waals surface area contributed by atoms with E-state index in [1.165, 1.54) is 5.57 Å². The zero-order valence-corrected chi connectivity index (χ0v) is 21.5. The van der Waals surface area contributed by atoms with Gasteiger partial charge in [-0.15, -0.1) is 0 Å². The van der Waals surface area contributed by atoms with E-state index in [1.807, 2.05) is 43.3 Å². The highest BCUT2D eigenvalue weighted by molar-refractivity contribution is 5.92. The number of ketones is 2. The molecule has 0 radical (unpaired) electrons. The minimum Gasteiger partial charge on any atom is -0.450 e. The Morgan fingerprint density at radius 2 is 1.77 bits per heavy atom. The van der Waals surface area contributed by atoms with Gasteiger partial charge in [0.25, 0.3) is 0 Å². The first-order chi connectivity index (χ1) is 16.7. The molecule has 0 spiro atoms. The van der Waals surface area contributed by atoms with E-state index in [2.05, 4.69) is 26.0 Å². The highest BCUT2D eigenvalue weighted by Crippen LogP contribution is 2.67. The van der Waals surface area contributed by atoms with E-state index in [9.17, 15) is 14.4 Å². The third kappa shape index (κ3) is 3.50. The Bertz CT molecular complexity index is 1100. The van der Waals surface area contributed by atoms with Crippen molar-refractivity contribution in [3.05, 3.63) is 59.7 Å². The van der Waals surface area contributed by atoms with Crippen molar-refractivity contribution in [1.29, 1.82) is 0 Å². The van der Waals surface area contributed by atoms with Crippen molar-refractivity contribution in [2.75, 3.05) is 0 Å². The molecule has 0 unspecified atom stereocenters. The van der Waals surface area contributed by atoms with Gasteiger partial charge in [0.2, 0.25) is 0 Å². The minimum absolute atomic E-state index is 0.00736. The predicted octanol–water partition coefficient (Wildman–Crippen LogP) is 6.36. The van der Waals surface area contributed by atoms with Crippen LogP contribution >= 0.6 is 0 Å². The zero-order chi connectivity index (χ0) is 25.0. The van der Waals surface area contributed by atoms with Crippen LogP contribution in [0.4, 0.5) is 0 Å². The van der Waals surface area contributed by atoms with E-state index in [0.717, 1.165) is 31.2 Å². The molecule has 4 aliphatic carbocycles. The number of carbonyl (C=O) groups excluding carboxylic acids is 3. The molecule has 1 aromatic rings. The lowest BCUT2D eigenvalue weighted by atomic mass is 9.48. The molecule has 0 aromatic heterocycles. The maximum absolute atomic E-state index is 13.6. The Morgan fingerprint density at radius 1 is 1.06 bits per heavy atom. The molecule has 7 atom stereocenters. The second kappa shape index (κ2) is 8.57. The van der Waals surface area contributed by atoms with Gasteiger partial charge < -0.3 is 4.74 Å². The molecule has 0 N–H and O–H groups in total. The van der Waals surface area contributed by atoms with Gasteiger partial charge in [0.15, 0.2) is 17.2 Å². The average Bonchev–Trinajstić information content (AvgIpc) is 3.14. The van der Waals surface area contributed by atoms with Crippen molar-refractivity contribution in [3.8, 4) is 0 Å². The van der Waals surface area contributed by atoms with Crippen molar-refractivity contribution in [1.82, 2.24) is 0 Å². The fourth-order valence-corrected chi connectivity index (χ4v) is 8.28. The molecule has 0 saturated heterocycles. The van der Waals surface area contributed by atoms with Crippen LogP contribution in [0.5, 0.6) is 0 Å². The van der Waals surface area contributed by atoms with Crippen LogP contribution in [0.15, 0.2) is 54.1 Å². The van der Waals surface area contributed by atoms with Crippen LogP contribution in [0.3, 0.4) is 0 Å². The lowest BCUT2D eigenvalue weighted by Gasteiger charge is -2.57. The number of fused-ring (bicyclic) bond motifs is 5. The van der Waals surface area contributed by atoms with Crippen LogP contribution < -0.4 is 0 Å². The number of hydrogen-bond acceptors (Lipinski definition) is 4. The number of esters is 1. The molecule has 4 aliphatic rings. The van der Waals surface area contributed by atoms with Gasteiger partial charge >= 0.3 is 5.97 Å². The molecule has 0 aliphatic heterocycles. The van der Waals surface area contributed by atoms with E-state index in [-0.39, 0.29) is 34.8 Å². The van der Waals surface area contributed by atoms with Crippen LogP contribution in [-0.2, 0) is 19.1 Å². The normalized spacial score (nSPS) is 38.6. The van der Waals surface area contributed by atoms with E-state index >= 15 is 0 Å². The summed E-state index contributed by atoms with van der Waals surface area (Å²) in [7, 11) is 0. The smallest absolute Gasteiger partial charge is 0.314 e. The lowest BCUT2D eigenvalue weighted by molar-refractivity contribution is -0.188. The lowest BCUT2D eigenvalue weighted by Crippen LogP contribution is -2.58. The third-order valence-corrected chi connectivity index (χ3v) is 10.4. The van der Waals surface area contributed by atoms with E-state index < -0.39 is 11.0 Å². The van der Waals surface area contributed by atoms with E-state index in [0.29, 0.717) is 31.1 Å². The summed E-state index contributed by atoms with van der Waals surface area (Å²) in [5, 5.41) is 0. The summed E-state index contributed by atoms with van der Waals surface area (Å²) in [5.41, 5.74) is 0.658. The first kappa shape index (κ1) is 24.2. The second-order valence-corrected chi connectivity index (χ2v) is 11.8. The van der Waals surface area contributed by atoms with Crippen molar-refractivity contribution in [3.63, 3.8) is 0 Å². The SMILES string of the molecule is CC[C@@H](C(=O)O[C@@]1(C(C)=O)CC[C@@H]2[C@H]3C=CC4=CC(=O)CC[C@]4(C)[C@@H]3CC[C@@]21C)c1ccccc1. The van der Waals surface area contributed by atoms with E-state index in [4.69, 9.17) is 4.74 Å². The summed E-state index contributed by atoms with van der Waals surface area (Å²) in [6.45, 7) is 8.14. The number of rotatable bonds is 5. The summed E-state index contributed by atoms with van der Waals surface area (Å²) in [4.78, 5) is 39.0. The molecule has 5 rings (SSSR count). The van der Waals surface area contributed by atoms with Crippen LogP contribution in [0.2, 0.25) is 0 Å². The first-order valence-corrected chi connectivity index (χ1v) is 13.4. The molecule has 4 nitrogen and oxygen atoms in total. The van der Waals surface area contributed by atoms with Crippen LogP contribution in [0, 0.1) is 28.6 Å². The zero-order valence-electron chi connectivity index (χ0n) is 21.5. The third-order valence-electron chi connectivity index (χ3n) is 10.4. The number of benzene rings is 1. The Balaban J connectivity index is 1.47. The summed E-state index contributed by atoms with van der Waals surface area (Å²) in [6, 6.07) is 9.76. The molecule has 2 saturated carbocycles. The maximum atomic E-state index is 13.6. The van der Waals surface area contributed by atoms with Gasteiger partial charge in [-0.1, -0.05) is 63.3 Å². The summed E-state index contributed by atoms with van der Waals surface area (Å²) in [6.07, 6.45) is 11.8. The molecule has 0 bridgehead atoms. The molecule has 35 heavy (non-hydrogen) atoms. The maximum Gasteiger partial charge on any atom is 0.314 e. The average molecular weight is 475 g/mol. The van der Waals surface area contributed by atoms with Crippen LogP contribution in [0.1, 0.15) is 84.1 Å². The van der Waals surface area contributed by atoms with E-state index in [1.54, 1.807) is 6.92 Å². The Hall–Kier alpha value is -2.49. The van der Waals surface area contributed by atoms with Crippen molar-refractivity contribution < 1.29 is 19.1 Å². The van der Waals surface area contributed by atoms with Crippen molar-refractivity contribution in [2.45, 2.75) is 84.2 Å². The number of Topliss-reactive ketones (excluding diaryl/α,β-unsaturated/α-hetero) is 1. The number of ether oxygens (including phenoxy) is 1. The van der Waals surface area contributed by atoms with Crippen molar-refractivity contribution in [2.24, 2.45) is 28.6 Å². The highest BCUT2D eigenvalue weighted by Gasteiger charge is 2.67. The number of allylic oxidation sites excluding steroid dienone is 4. The monoisotopic (exact) mass is 474 g/mol. The van der Waals surface area contributed by atoms with Gasteiger partial charge in [-0.05, 0) is 85.8 Å². The summed E-state index contributed by atoms with van der Waals surface area (Å²) < 4.78 is 6.40. The van der Waals surface area contributed by atoms with Crippen LogP contribution in [0.25, 0.3) is 0 Å². The molecule has 0 amide bonds. The molecule has 0 heterocycles. The molecule has 1 aromatic carbocycles. The largest absolute Gasteiger partial charge is 0.450 e. The van der Waals surface area contributed by atoms with Crippen molar-refractivity contribution >= 4 is 17.5 Å². The van der Waals surface area contributed by atoms with Gasteiger partial charge in [-0.2, -0.15) is 0 Å². The fourth-order valence-electron chi connectivity index (χ4n) is 8.28. The first-order valence-electron chi connectivity index (χ1n) is 13.4. The fraction of sp³-hybridized carbons (Fsp3) is 0.581. The molecule has 186 valence electrons. The van der Waals surface area contributed by atoms with Gasteiger partial charge in [-0.25, -0.2) is 0 Å². The Labute approximate surface area is 209 Å². The molecular weight excluding hydrogens is 436 g/mol. The molecule has 4 heteroatoms. The molecule has 2 fully saturated rings. The molecular formula is C31H38O4. The Morgan fingerprint density at radius 3 is 2.46 bits per heavy atom. The number of carbonyl (C=O) groups is 3. The van der Waals surface area contributed by atoms with Gasteiger partial charge in [-0.3, -0.25) is 14.4 Å². The standard InChI is InChI=1S/C31H38O4/c1-5-24(21-9-7-6-8-10-21)28(34)35-31(20(2)32)18-15-27-25-12-11-22-19-23(33)13-16-29(22,3)26(25)14-17-30(27,31)4/h6-12,19,24-27H,5,13-18H2,1-4H3/t24-,25+,26-,27-,29+,30+,31-/m1/s1. The summed E-state index contributed by atoms with van der Waals surface area (Å²) in [5.74, 6) is 0.631.